The van der Waals surface area contributed by atoms with Crippen molar-refractivity contribution in [3.05, 3.63) is 29.6 Å². The molecule has 3 nitrogen and oxygen atoms in total. The van der Waals surface area contributed by atoms with Gasteiger partial charge in [-0.05, 0) is 13.3 Å². The van der Waals surface area contributed by atoms with Gasteiger partial charge in [-0.3, -0.25) is 4.79 Å². The van der Waals surface area contributed by atoms with Gasteiger partial charge in [-0.15, -0.1) is 0 Å². The maximum atomic E-state index is 13.4. The minimum atomic E-state index is -1.29. The molecule has 1 aromatic rings. The highest BCUT2D eigenvalue weighted by molar-refractivity contribution is 5.84. The number of carbonyl (C=O) groups excluding carboxylic acids is 1. The van der Waals surface area contributed by atoms with Crippen molar-refractivity contribution in [2.45, 2.75) is 32.7 Å². The quantitative estimate of drug-likeness (QED) is 0.618. The Morgan fingerprint density at radius 3 is 2.63 bits per heavy atom. The van der Waals surface area contributed by atoms with Gasteiger partial charge >= 0.3 is 0 Å². The van der Waals surface area contributed by atoms with Crippen LogP contribution in [0.1, 0.15) is 26.7 Å². The van der Waals surface area contributed by atoms with E-state index in [0.29, 0.717) is 12.6 Å². The Bertz CT molecular complexity index is 452. The highest BCUT2D eigenvalue weighted by Crippen LogP contribution is 2.19. The van der Waals surface area contributed by atoms with E-state index < -0.39 is 23.5 Å². The number of carbonyl (C=O) groups is 1. The third-order valence-corrected chi connectivity index (χ3v) is 2.59. The summed E-state index contributed by atoms with van der Waals surface area (Å²) in [6.07, 6.45) is 1.77. The zero-order valence-electron chi connectivity index (χ0n) is 10.9. The van der Waals surface area contributed by atoms with Crippen molar-refractivity contribution in [2.75, 3.05) is 11.9 Å². The molecule has 0 aliphatic heterocycles. The third-order valence-electron chi connectivity index (χ3n) is 2.59. The van der Waals surface area contributed by atoms with E-state index >= 15 is 0 Å². The van der Waals surface area contributed by atoms with Crippen LogP contribution in [0.5, 0.6) is 0 Å². The van der Waals surface area contributed by atoms with Gasteiger partial charge in [0, 0.05) is 18.7 Å². The van der Waals surface area contributed by atoms with Crippen LogP contribution in [-0.2, 0) is 4.79 Å². The molecule has 0 heterocycles. The molecule has 0 aliphatic rings. The van der Waals surface area contributed by atoms with Gasteiger partial charge in [-0.25, -0.2) is 13.2 Å². The maximum Gasteiger partial charge on any atom is 0.242 e. The first-order chi connectivity index (χ1) is 8.95. The van der Waals surface area contributed by atoms with Crippen LogP contribution in [0.2, 0.25) is 0 Å². The number of unbranched alkanes of at least 4 members (excludes halogenated alkanes) is 1. The van der Waals surface area contributed by atoms with E-state index in [1.807, 2.05) is 6.92 Å². The molecule has 0 radical (unpaired) electrons. The Balaban J connectivity index is 2.66. The van der Waals surface area contributed by atoms with Crippen molar-refractivity contribution < 1.29 is 18.0 Å². The zero-order valence-corrected chi connectivity index (χ0v) is 10.9. The van der Waals surface area contributed by atoms with Gasteiger partial charge in [0.05, 0.1) is 5.69 Å². The van der Waals surface area contributed by atoms with Crippen molar-refractivity contribution in [1.82, 2.24) is 5.32 Å². The molecule has 0 aromatic heterocycles. The summed E-state index contributed by atoms with van der Waals surface area (Å²) >= 11 is 0. The number of anilines is 1. The number of nitrogens with one attached hydrogen (secondary N) is 2. The summed E-state index contributed by atoms with van der Waals surface area (Å²) in [6, 6.07) is 0.480. The average molecular weight is 274 g/mol. The van der Waals surface area contributed by atoms with Gasteiger partial charge in [0.25, 0.3) is 0 Å². The Morgan fingerprint density at radius 1 is 1.32 bits per heavy atom. The molecule has 2 N–H and O–H groups in total. The lowest BCUT2D eigenvalue weighted by molar-refractivity contribution is -0.121. The molecule has 0 saturated carbocycles. The van der Waals surface area contributed by atoms with Crippen LogP contribution in [-0.4, -0.2) is 18.5 Å². The summed E-state index contributed by atoms with van der Waals surface area (Å²) in [5.41, 5.74) is -0.365. The molecule has 1 amide bonds. The Morgan fingerprint density at radius 2 is 2.00 bits per heavy atom. The van der Waals surface area contributed by atoms with E-state index in [4.69, 9.17) is 0 Å². The number of amides is 1. The van der Waals surface area contributed by atoms with Crippen molar-refractivity contribution >= 4 is 11.6 Å². The SMILES string of the molecule is CCCCNC(=O)C(C)Nc1cc(F)cc(F)c1F. The summed E-state index contributed by atoms with van der Waals surface area (Å²) in [7, 11) is 0. The van der Waals surface area contributed by atoms with E-state index in [1.165, 1.54) is 6.92 Å². The highest BCUT2D eigenvalue weighted by Gasteiger charge is 2.17. The minimum absolute atomic E-state index is 0.350. The number of hydrogen-bond donors (Lipinski definition) is 2. The monoisotopic (exact) mass is 274 g/mol. The van der Waals surface area contributed by atoms with E-state index in [1.54, 1.807) is 0 Å². The smallest absolute Gasteiger partial charge is 0.242 e. The van der Waals surface area contributed by atoms with E-state index in [9.17, 15) is 18.0 Å². The normalized spacial score (nSPS) is 12.1. The Labute approximate surface area is 110 Å². The molecular weight excluding hydrogens is 257 g/mol. The predicted octanol–water partition coefficient (Wildman–Crippen LogP) is 2.82. The van der Waals surface area contributed by atoms with Crippen molar-refractivity contribution in [1.29, 1.82) is 0 Å². The van der Waals surface area contributed by atoms with Crippen LogP contribution in [0.3, 0.4) is 0 Å². The molecule has 0 spiro atoms. The van der Waals surface area contributed by atoms with Crippen molar-refractivity contribution in [3.8, 4) is 0 Å². The molecule has 0 bridgehead atoms. The summed E-state index contributed by atoms with van der Waals surface area (Å²) in [4.78, 5) is 11.6. The molecule has 0 saturated heterocycles. The number of benzene rings is 1. The standard InChI is InChI=1S/C13H17F3N2O/c1-3-4-5-17-13(19)8(2)18-11-7-9(14)6-10(15)12(11)16/h6-8,18H,3-5H2,1-2H3,(H,17,19). The summed E-state index contributed by atoms with van der Waals surface area (Å²) in [6.45, 7) is 3.99. The van der Waals surface area contributed by atoms with Crippen LogP contribution in [0.25, 0.3) is 0 Å². The first kappa shape index (κ1) is 15.3. The largest absolute Gasteiger partial charge is 0.371 e. The number of rotatable bonds is 6. The predicted molar refractivity (Wildman–Crippen MR) is 67.3 cm³/mol. The number of halogens is 3. The van der Waals surface area contributed by atoms with Gasteiger partial charge in [0.2, 0.25) is 5.91 Å². The van der Waals surface area contributed by atoms with Crippen LogP contribution >= 0.6 is 0 Å². The molecular formula is C13H17F3N2O. The minimum Gasteiger partial charge on any atom is -0.371 e. The lowest BCUT2D eigenvalue weighted by atomic mass is 10.2. The fourth-order valence-corrected chi connectivity index (χ4v) is 1.50. The third kappa shape index (κ3) is 4.46. The highest BCUT2D eigenvalue weighted by atomic mass is 19.2. The summed E-state index contributed by atoms with van der Waals surface area (Å²) in [5.74, 6) is -3.74. The molecule has 19 heavy (non-hydrogen) atoms. The van der Waals surface area contributed by atoms with Crippen LogP contribution < -0.4 is 10.6 Å². The second-order valence-corrected chi connectivity index (χ2v) is 4.26. The fraction of sp³-hybridized carbons (Fsp3) is 0.462. The first-order valence-electron chi connectivity index (χ1n) is 6.14. The average Bonchev–Trinajstić information content (AvgIpc) is 2.35. The van der Waals surface area contributed by atoms with Crippen LogP contribution in [0.15, 0.2) is 12.1 Å². The first-order valence-corrected chi connectivity index (χ1v) is 6.14. The van der Waals surface area contributed by atoms with Crippen LogP contribution in [0.4, 0.5) is 18.9 Å². The Kier molecular flexibility index (Phi) is 5.66. The van der Waals surface area contributed by atoms with E-state index in [2.05, 4.69) is 10.6 Å². The topological polar surface area (TPSA) is 41.1 Å². The molecule has 1 atom stereocenters. The second-order valence-electron chi connectivity index (χ2n) is 4.26. The second kappa shape index (κ2) is 7.01. The van der Waals surface area contributed by atoms with Gasteiger partial charge in [-0.1, -0.05) is 13.3 Å². The van der Waals surface area contributed by atoms with Gasteiger partial charge in [0.1, 0.15) is 11.9 Å². The van der Waals surface area contributed by atoms with E-state index in [0.717, 1.165) is 18.9 Å². The lowest BCUT2D eigenvalue weighted by Gasteiger charge is -2.16. The summed E-state index contributed by atoms with van der Waals surface area (Å²) in [5, 5.41) is 5.09. The lowest BCUT2D eigenvalue weighted by Crippen LogP contribution is -2.38. The maximum absolute atomic E-state index is 13.4. The fourth-order valence-electron chi connectivity index (χ4n) is 1.50. The van der Waals surface area contributed by atoms with Crippen molar-refractivity contribution in [3.63, 3.8) is 0 Å². The molecule has 6 heteroatoms. The molecule has 0 aliphatic carbocycles. The zero-order chi connectivity index (χ0) is 14.4. The van der Waals surface area contributed by atoms with Crippen LogP contribution in [0, 0.1) is 17.5 Å². The molecule has 1 aromatic carbocycles. The molecule has 1 unspecified atom stereocenters. The molecule has 0 fully saturated rings. The van der Waals surface area contributed by atoms with Gasteiger partial charge < -0.3 is 10.6 Å². The van der Waals surface area contributed by atoms with Gasteiger partial charge in [0.15, 0.2) is 11.6 Å². The molecule has 106 valence electrons. The number of hydrogen-bond acceptors (Lipinski definition) is 2. The van der Waals surface area contributed by atoms with Gasteiger partial charge in [-0.2, -0.15) is 0 Å². The van der Waals surface area contributed by atoms with Crippen molar-refractivity contribution in [2.24, 2.45) is 0 Å². The molecule has 1 rings (SSSR count). The Hall–Kier alpha value is -1.72. The summed E-state index contributed by atoms with van der Waals surface area (Å²) < 4.78 is 39.3. The van der Waals surface area contributed by atoms with E-state index in [-0.39, 0.29) is 11.6 Å².